The molecule has 3 saturated carbocycles. The summed E-state index contributed by atoms with van der Waals surface area (Å²) < 4.78 is 5.65. The summed E-state index contributed by atoms with van der Waals surface area (Å²) in [4.78, 5) is 11.7. The van der Waals surface area contributed by atoms with Crippen LogP contribution >= 0.6 is 0 Å². The first kappa shape index (κ1) is 32.2. The molecule has 0 saturated heterocycles. The fourth-order valence-electron chi connectivity index (χ4n) is 8.96. The highest BCUT2D eigenvalue weighted by Crippen LogP contribution is 2.67. The number of fused-ring (bicyclic) bond motifs is 5. The molecule has 0 aliphatic heterocycles. The van der Waals surface area contributed by atoms with Gasteiger partial charge in [-0.15, -0.1) is 0 Å². The molecule has 218 valence electrons. The summed E-state index contributed by atoms with van der Waals surface area (Å²) in [6.07, 6.45) is 18.0. The van der Waals surface area contributed by atoms with Gasteiger partial charge in [-0.2, -0.15) is 0 Å². The number of rotatable bonds is 6. The lowest BCUT2D eigenvalue weighted by Gasteiger charge is -2.58. The Balaban J connectivity index is 0.00000112. The molecule has 3 nitrogen and oxygen atoms in total. The maximum Gasteiger partial charge on any atom is 0.407 e. The summed E-state index contributed by atoms with van der Waals surface area (Å²) in [6, 6.07) is 0. The first-order chi connectivity index (χ1) is 17.6. The van der Waals surface area contributed by atoms with E-state index in [0.29, 0.717) is 10.8 Å². The minimum atomic E-state index is -0.277. The highest BCUT2D eigenvalue weighted by atomic mass is 16.6. The Morgan fingerprint density at radius 1 is 1.05 bits per heavy atom. The van der Waals surface area contributed by atoms with Gasteiger partial charge in [0.05, 0.1) is 0 Å². The van der Waals surface area contributed by atoms with Crippen LogP contribution in [0, 0.1) is 46.3 Å². The van der Waals surface area contributed by atoms with E-state index in [9.17, 15) is 4.79 Å². The standard InChI is InChI=1S/C29H49NO2.C3H8.C2H6.H2/c1-19(2)8-7-9-20(3)24-12-13-25-23-11-10-21-18-22(32-27(31)30-6)14-16-28(21,4)26(23)15-17-29(24,25)5;1-3-2;1-2;/h10,19-20,22-26H,7-9,11-18H2,1-6H3,(H,30,31);3H2,1-2H3;1-2H3;1H/t20-,22?,23?,24-,25?,26?,28+,29-;;;/m1.../s1. The average Bonchev–Trinajstić information content (AvgIpc) is 3.23. The van der Waals surface area contributed by atoms with Crippen molar-refractivity contribution in [3.63, 3.8) is 0 Å². The van der Waals surface area contributed by atoms with Crippen LogP contribution in [0.25, 0.3) is 0 Å². The second kappa shape index (κ2) is 14.4. The van der Waals surface area contributed by atoms with E-state index in [1.165, 1.54) is 64.2 Å². The van der Waals surface area contributed by atoms with Gasteiger partial charge < -0.3 is 10.1 Å². The Morgan fingerprint density at radius 2 is 1.73 bits per heavy atom. The van der Waals surface area contributed by atoms with Crippen molar-refractivity contribution in [3.8, 4) is 0 Å². The number of amides is 1. The van der Waals surface area contributed by atoms with Crippen LogP contribution in [0.1, 0.15) is 141 Å². The normalized spacial score (nSPS) is 36.8. The summed E-state index contributed by atoms with van der Waals surface area (Å²) >= 11 is 0. The van der Waals surface area contributed by atoms with Crippen molar-refractivity contribution in [1.82, 2.24) is 5.32 Å². The quantitative estimate of drug-likeness (QED) is 0.354. The molecule has 4 unspecified atom stereocenters. The highest BCUT2D eigenvalue weighted by Gasteiger charge is 2.59. The van der Waals surface area contributed by atoms with Gasteiger partial charge in [-0.3, -0.25) is 0 Å². The lowest BCUT2D eigenvalue weighted by Crippen LogP contribution is -2.51. The predicted molar refractivity (Wildman–Crippen MR) is 162 cm³/mol. The fourth-order valence-corrected chi connectivity index (χ4v) is 8.96. The molecule has 4 aliphatic carbocycles. The molecule has 0 aromatic heterocycles. The van der Waals surface area contributed by atoms with E-state index in [4.69, 9.17) is 4.74 Å². The van der Waals surface area contributed by atoms with E-state index in [0.717, 1.165) is 48.3 Å². The average molecular weight is 520 g/mol. The Bertz CT molecular complexity index is 736. The van der Waals surface area contributed by atoms with Crippen LogP contribution in [0.2, 0.25) is 0 Å². The number of nitrogens with one attached hydrogen (secondary N) is 1. The fraction of sp³-hybridized carbons (Fsp3) is 0.912. The number of carbonyl (C=O) groups excluding carboxylic acids is 1. The highest BCUT2D eigenvalue weighted by molar-refractivity contribution is 5.66. The molecular formula is C34H65NO2. The van der Waals surface area contributed by atoms with Gasteiger partial charge in [-0.1, -0.05) is 99.6 Å². The van der Waals surface area contributed by atoms with E-state index in [-0.39, 0.29) is 13.6 Å². The molecule has 0 heterocycles. The third-order valence-corrected chi connectivity index (χ3v) is 10.7. The van der Waals surface area contributed by atoms with Crippen molar-refractivity contribution < 1.29 is 11.0 Å². The smallest absolute Gasteiger partial charge is 0.407 e. The van der Waals surface area contributed by atoms with Gasteiger partial charge in [0, 0.05) is 14.9 Å². The monoisotopic (exact) mass is 520 g/mol. The van der Waals surface area contributed by atoms with Gasteiger partial charge >= 0.3 is 6.09 Å². The molecule has 1 N–H and O–H groups in total. The lowest BCUT2D eigenvalue weighted by atomic mass is 9.47. The van der Waals surface area contributed by atoms with Crippen molar-refractivity contribution in [2.75, 3.05) is 7.05 Å². The summed E-state index contributed by atoms with van der Waals surface area (Å²) in [5.41, 5.74) is 2.48. The van der Waals surface area contributed by atoms with Crippen molar-refractivity contribution in [2.24, 2.45) is 46.3 Å². The summed E-state index contributed by atoms with van der Waals surface area (Å²) in [5.74, 6) is 5.25. The third-order valence-electron chi connectivity index (χ3n) is 10.7. The molecule has 4 rings (SSSR count). The molecule has 0 bridgehead atoms. The van der Waals surface area contributed by atoms with Crippen molar-refractivity contribution in [3.05, 3.63) is 11.6 Å². The van der Waals surface area contributed by atoms with Crippen LogP contribution in [0.3, 0.4) is 0 Å². The largest absolute Gasteiger partial charge is 0.446 e. The molecule has 4 aliphatic rings. The predicted octanol–water partition coefficient (Wildman–Crippen LogP) is 10.4. The minimum absolute atomic E-state index is 0. The van der Waals surface area contributed by atoms with Gasteiger partial charge in [-0.25, -0.2) is 4.79 Å². The SMILES string of the molecule is CC.CCC.CNC(=O)OC1CC[C@@]2(C)C(=CCC3C2CC[C@@]2(C)C3CC[C@@H]2[C@H](C)CCCC(C)C)C1.[HH]. The van der Waals surface area contributed by atoms with Crippen molar-refractivity contribution in [2.45, 2.75) is 145 Å². The molecule has 3 heteroatoms. The van der Waals surface area contributed by atoms with Crippen LogP contribution < -0.4 is 5.32 Å². The molecule has 0 spiro atoms. The number of hydrogen-bond donors (Lipinski definition) is 1. The maximum atomic E-state index is 11.7. The van der Waals surface area contributed by atoms with Crippen LogP contribution in [-0.2, 0) is 4.74 Å². The maximum absolute atomic E-state index is 11.7. The number of alkyl carbamates (subject to hydrolysis) is 1. The summed E-state index contributed by atoms with van der Waals surface area (Å²) in [6.45, 7) is 20.8. The second-order valence-corrected chi connectivity index (χ2v) is 13.5. The Hall–Kier alpha value is -0.990. The van der Waals surface area contributed by atoms with Gasteiger partial charge in [0.15, 0.2) is 0 Å². The summed E-state index contributed by atoms with van der Waals surface area (Å²) in [7, 11) is 1.65. The van der Waals surface area contributed by atoms with Crippen molar-refractivity contribution in [1.29, 1.82) is 0 Å². The zero-order chi connectivity index (χ0) is 27.8. The van der Waals surface area contributed by atoms with Crippen molar-refractivity contribution >= 4 is 6.09 Å². The molecule has 8 atom stereocenters. The number of ether oxygens (including phenoxy) is 1. The zero-order valence-corrected chi connectivity index (χ0v) is 26.4. The molecule has 37 heavy (non-hydrogen) atoms. The second-order valence-electron chi connectivity index (χ2n) is 13.5. The van der Waals surface area contributed by atoms with Crippen LogP contribution in [0.4, 0.5) is 4.79 Å². The topological polar surface area (TPSA) is 38.3 Å². The molecule has 3 fully saturated rings. The Kier molecular flexibility index (Phi) is 12.6. The Morgan fingerprint density at radius 3 is 2.35 bits per heavy atom. The number of allylic oxidation sites excluding steroid dienone is 1. The molecule has 1 amide bonds. The van der Waals surface area contributed by atoms with Gasteiger partial charge in [0.1, 0.15) is 6.10 Å². The van der Waals surface area contributed by atoms with Gasteiger partial charge in [0.2, 0.25) is 0 Å². The van der Waals surface area contributed by atoms with Crippen LogP contribution in [-0.4, -0.2) is 19.2 Å². The van der Waals surface area contributed by atoms with Gasteiger partial charge in [0.25, 0.3) is 0 Å². The van der Waals surface area contributed by atoms with Crippen LogP contribution in [0.5, 0.6) is 0 Å². The summed E-state index contributed by atoms with van der Waals surface area (Å²) in [5, 5.41) is 2.62. The van der Waals surface area contributed by atoms with E-state index in [1.807, 2.05) is 13.8 Å². The van der Waals surface area contributed by atoms with E-state index >= 15 is 0 Å². The minimum Gasteiger partial charge on any atom is -0.446 e. The third kappa shape index (κ3) is 7.16. The molecule has 0 aromatic rings. The first-order valence-electron chi connectivity index (χ1n) is 16.2. The first-order valence-corrected chi connectivity index (χ1v) is 16.2. The van der Waals surface area contributed by atoms with Crippen LogP contribution in [0.15, 0.2) is 11.6 Å². The molecular weight excluding hydrogens is 454 g/mol. The van der Waals surface area contributed by atoms with E-state index in [2.05, 4.69) is 59.9 Å². The van der Waals surface area contributed by atoms with Gasteiger partial charge in [-0.05, 0) is 91.3 Å². The number of carbonyl (C=O) groups is 1. The Labute approximate surface area is 232 Å². The number of hydrogen-bond acceptors (Lipinski definition) is 2. The molecule has 0 aromatic carbocycles. The molecule has 0 radical (unpaired) electrons. The zero-order valence-electron chi connectivity index (χ0n) is 26.4. The van der Waals surface area contributed by atoms with E-state index < -0.39 is 0 Å². The van der Waals surface area contributed by atoms with E-state index in [1.54, 1.807) is 12.6 Å². The lowest BCUT2D eigenvalue weighted by molar-refractivity contribution is -0.0580.